The van der Waals surface area contributed by atoms with Crippen LogP contribution in [0.4, 0.5) is 43.7 Å². The van der Waals surface area contributed by atoms with Crippen molar-refractivity contribution < 1.29 is 30.6 Å². The first-order chi connectivity index (χ1) is 17.2. The van der Waals surface area contributed by atoms with Gasteiger partial charge in [-0.15, -0.1) is 0 Å². The number of halogens is 6. The van der Waals surface area contributed by atoms with E-state index >= 15 is 0 Å². The van der Waals surface area contributed by atoms with E-state index in [9.17, 15) is 30.6 Å². The predicted molar refractivity (Wildman–Crippen MR) is 129 cm³/mol. The van der Waals surface area contributed by atoms with Crippen molar-refractivity contribution in [3.63, 3.8) is 0 Å². The van der Waals surface area contributed by atoms with Crippen molar-refractivity contribution in [1.29, 1.82) is 0 Å². The molecule has 3 aromatic rings. The second-order valence-electron chi connectivity index (χ2n) is 8.28. The number of hydrogen-bond donors (Lipinski definition) is 1. The number of anilines is 3. The zero-order valence-corrected chi connectivity index (χ0v) is 21.3. The van der Waals surface area contributed by atoms with Gasteiger partial charge in [-0.3, -0.25) is 4.21 Å². The van der Waals surface area contributed by atoms with Gasteiger partial charge in [-0.2, -0.15) is 26.3 Å². The molecule has 0 radical (unpaired) electrons. The quantitative estimate of drug-likeness (QED) is 0.279. The highest BCUT2D eigenvalue weighted by Crippen LogP contribution is 2.35. The molecular formula is C24H25F6N5OS. The second kappa shape index (κ2) is 11.0. The van der Waals surface area contributed by atoms with E-state index in [1.54, 1.807) is 0 Å². The first-order valence-electron chi connectivity index (χ1n) is 11.1. The largest absolute Gasteiger partial charge is 0.419 e. The summed E-state index contributed by atoms with van der Waals surface area (Å²) in [7, 11) is -0.110. The van der Waals surface area contributed by atoms with Crippen LogP contribution in [0.15, 0.2) is 41.7 Å². The van der Waals surface area contributed by atoms with Crippen molar-refractivity contribution in [2.75, 3.05) is 30.1 Å². The Morgan fingerprint density at radius 1 is 1.05 bits per heavy atom. The average Bonchev–Trinajstić information content (AvgIpc) is 2.82. The molecule has 2 heterocycles. The summed E-state index contributed by atoms with van der Waals surface area (Å²) in [6, 6.07) is 5.41. The molecule has 0 aliphatic heterocycles. The average molecular weight is 546 g/mol. The Kier molecular flexibility index (Phi) is 8.45. The molecule has 0 aliphatic carbocycles. The number of likely N-dealkylation sites (N-methyl/N-ethyl adjacent to an activating group) is 1. The van der Waals surface area contributed by atoms with Gasteiger partial charge < -0.3 is 10.2 Å². The van der Waals surface area contributed by atoms with Crippen molar-refractivity contribution in [3.8, 4) is 0 Å². The van der Waals surface area contributed by atoms with E-state index in [2.05, 4.69) is 20.3 Å². The van der Waals surface area contributed by atoms with Crippen LogP contribution in [0.2, 0.25) is 0 Å². The van der Waals surface area contributed by atoms with E-state index in [-0.39, 0.29) is 29.8 Å². The molecule has 200 valence electrons. The van der Waals surface area contributed by atoms with Gasteiger partial charge in [0.25, 0.3) is 0 Å². The Morgan fingerprint density at radius 3 is 2.32 bits per heavy atom. The Morgan fingerprint density at radius 2 is 1.76 bits per heavy atom. The third-order valence-corrected chi connectivity index (χ3v) is 6.32. The van der Waals surface area contributed by atoms with E-state index in [0.717, 1.165) is 18.2 Å². The van der Waals surface area contributed by atoms with Gasteiger partial charge in [0.2, 0.25) is 5.16 Å². The fourth-order valence-corrected chi connectivity index (χ4v) is 4.19. The van der Waals surface area contributed by atoms with Gasteiger partial charge in [0.15, 0.2) is 0 Å². The Bertz CT molecular complexity index is 1300. The van der Waals surface area contributed by atoms with Gasteiger partial charge in [-0.1, -0.05) is 6.92 Å². The van der Waals surface area contributed by atoms with Crippen LogP contribution in [0.5, 0.6) is 0 Å². The lowest BCUT2D eigenvalue weighted by atomic mass is 10.1. The van der Waals surface area contributed by atoms with Gasteiger partial charge in [-0.25, -0.2) is 15.0 Å². The third-order valence-electron chi connectivity index (χ3n) is 5.63. The summed E-state index contributed by atoms with van der Waals surface area (Å²) in [5, 5.41) is 3.02. The first kappa shape index (κ1) is 28.4. The summed E-state index contributed by atoms with van der Waals surface area (Å²) in [5.74, 6) is 0.0390. The number of hydrogen-bond acceptors (Lipinski definition) is 6. The van der Waals surface area contributed by atoms with Crippen LogP contribution in [0.1, 0.15) is 34.9 Å². The molecule has 0 aliphatic rings. The van der Waals surface area contributed by atoms with Crippen LogP contribution in [0, 0.1) is 6.92 Å². The minimum absolute atomic E-state index is 0.00395. The summed E-state index contributed by atoms with van der Waals surface area (Å²) in [5.41, 5.74) is 0.114. The minimum Gasteiger partial charge on any atom is -0.359 e. The molecule has 0 bridgehead atoms. The van der Waals surface area contributed by atoms with Gasteiger partial charge in [0.1, 0.15) is 11.6 Å². The number of nitrogens with one attached hydrogen (secondary N) is 1. The maximum Gasteiger partial charge on any atom is 0.419 e. The highest BCUT2D eigenvalue weighted by molar-refractivity contribution is 7.84. The fourth-order valence-electron chi connectivity index (χ4n) is 3.73. The van der Waals surface area contributed by atoms with Crippen LogP contribution < -0.4 is 10.2 Å². The summed E-state index contributed by atoms with van der Waals surface area (Å²) >= 11 is 0. The second-order valence-corrected chi connectivity index (χ2v) is 9.56. The van der Waals surface area contributed by atoms with Crippen molar-refractivity contribution in [2.24, 2.45) is 0 Å². The van der Waals surface area contributed by atoms with Crippen molar-refractivity contribution in [3.05, 3.63) is 64.5 Å². The molecule has 1 unspecified atom stereocenters. The number of alkyl halides is 6. The van der Waals surface area contributed by atoms with E-state index in [0.29, 0.717) is 28.9 Å². The van der Waals surface area contributed by atoms with Crippen LogP contribution >= 0.6 is 0 Å². The molecule has 6 nitrogen and oxygen atoms in total. The topological polar surface area (TPSA) is 71.0 Å². The Labute approximate surface area is 212 Å². The molecule has 1 atom stereocenters. The van der Waals surface area contributed by atoms with Crippen LogP contribution in [-0.2, 0) is 36.0 Å². The number of aryl methyl sites for hydroxylation is 1. The lowest BCUT2D eigenvalue weighted by Gasteiger charge is -2.23. The van der Waals surface area contributed by atoms with Crippen LogP contribution in [-0.4, -0.2) is 39.0 Å². The molecule has 0 fully saturated rings. The summed E-state index contributed by atoms with van der Waals surface area (Å²) in [4.78, 5) is 14.0. The SMILES string of the molecule is CCc1c(CCN(C)c2ncccc2C(F)(F)F)nc(S(C)=O)nc1Nc1ccc(C(F)(F)F)cc1C. The molecule has 37 heavy (non-hydrogen) atoms. The van der Waals surface area contributed by atoms with Gasteiger partial charge >= 0.3 is 12.4 Å². The first-order valence-corrected chi connectivity index (χ1v) is 12.7. The lowest BCUT2D eigenvalue weighted by molar-refractivity contribution is -0.138. The number of pyridine rings is 1. The zero-order chi connectivity index (χ0) is 27.5. The van der Waals surface area contributed by atoms with Crippen molar-refractivity contribution in [2.45, 2.75) is 44.2 Å². The van der Waals surface area contributed by atoms with E-state index in [1.165, 1.54) is 43.5 Å². The third kappa shape index (κ3) is 6.76. The van der Waals surface area contributed by atoms with Crippen molar-refractivity contribution in [1.82, 2.24) is 15.0 Å². The monoisotopic (exact) mass is 545 g/mol. The normalized spacial score (nSPS) is 12.9. The van der Waals surface area contributed by atoms with Crippen LogP contribution in [0.3, 0.4) is 0 Å². The molecule has 0 saturated carbocycles. The molecule has 0 amide bonds. The number of rotatable bonds is 8. The van der Waals surface area contributed by atoms with Gasteiger partial charge in [0.05, 0.1) is 27.6 Å². The van der Waals surface area contributed by atoms with E-state index < -0.39 is 34.3 Å². The van der Waals surface area contributed by atoms with E-state index in [1.807, 2.05) is 6.92 Å². The molecule has 1 N–H and O–H groups in total. The molecule has 3 rings (SSSR count). The number of nitrogens with zero attached hydrogens (tertiary/aromatic N) is 4. The molecule has 13 heteroatoms. The number of aromatic nitrogens is 3. The van der Waals surface area contributed by atoms with Crippen molar-refractivity contribution >= 4 is 28.1 Å². The number of benzene rings is 1. The fraction of sp³-hybridized carbons (Fsp3) is 0.375. The summed E-state index contributed by atoms with van der Waals surface area (Å²) in [6.07, 6.45) is -5.82. The smallest absolute Gasteiger partial charge is 0.359 e. The maximum atomic E-state index is 13.4. The minimum atomic E-state index is -4.58. The molecule has 0 saturated heterocycles. The highest BCUT2D eigenvalue weighted by atomic mass is 32.2. The van der Waals surface area contributed by atoms with Gasteiger partial charge in [-0.05, 0) is 49.2 Å². The zero-order valence-electron chi connectivity index (χ0n) is 20.5. The predicted octanol–water partition coefficient (Wildman–Crippen LogP) is 5.94. The lowest BCUT2D eigenvalue weighted by Crippen LogP contribution is -2.26. The van der Waals surface area contributed by atoms with Crippen LogP contribution in [0.25, 0.3) is 0 Å². The van der Waals surface area contributed by atoms with Gasteiger partial charge in [0, 0.05) is 43.7 Å². The molecule has 0 spiro atoms. The Hall–Kier alpha value is -3.22. The van der Waals surface area contributed by atoms with E-state index in [4.69, 9.17) is 0 Å². The summed E-state index contributed by atoms with van der Waals surface area (Å²) < 4.78 is 91.7. The highest BCUT2D eigenvalue weighted by Gasteiger charge is 2.35. The maximum absolute atomic E-state index is 13.4. The standard InChI is InChI=1S/C24H25F6N5OS/c1-5-16-19(10-12-35(3)21-17(24(28,29)30)7-6-11-31-21)33-22(37(4)36)34-20(16)32-18-9-8-15(13-14(18)2)23(25,26)27/h6-9,11,13H,5,10,12H2,1-4H3,(H,32,33,34). The molecular weight excluding hydrogens is 520 g/mol. The Balaban J connectivity index is 1.95. The molecule has 1 aromatic carbocycles. The summed E-state index contributed by atoms with van der Waals surface area (Å²) in [6.45, 7) is 3.45. The molecule has 2 aromatic heterocycles.